The van der Waals surface area contributed by atoms with Gasteiger partial charge < -0.3 is 14.8 Å². The Morgan fingerprint density at radius 3 is 2.28 bits per heavy atom. The molecule has 0 bridgehead atoms. The summed E-state index contributed by atoms with van der Waals surface area (Å²) in [6.07, 6.45) is 1.26. The van der Waals surface area contributed by atoms with E-state index in [1.807, 2.05) is 13.8 Å². The molecule has 7 heteroatoms. The first-order valence-electron chi connectivity index (χ1n) is 10.6. The Balaban J connectivity index is 1.42. The zero-order valence-corrected chi connectivity index (χ0v) is 18.1. The predicted molar refractivity (Wildman–Crippen MR) is 118 cm³/mol. The number of amides is 2. The molecule has 2 amide bonds. The average molecular weight is 437 g/mol. The molecule has 5 nitrogen and oxygen atoms in total. The van der Waals surface area contributed by atoms with Gasteiger partial charge in [-0.15, -0.1) is 0 Å². The third-order valence-corrected chi connectivity index (χ3v) is 5.98. The molecule has 0 atom stereocenters. The molecule has 1 saturated heterocycles. The van der Waals surface area contributed by atoms with Gasteiger partial charge in [-0.3, -0.25) is 9.59 Å². The maximum absolute atomic E-state index is 14.3. The van der Waals surface area contributed by atoms with Crippen LogP contribution in [0.4, 0.5) is 8.78 Å². The van der Waals surface area contributed by atoms with Crippen LogP contribution in [0.1, 0.15) is 44.9 Å². The topological polar surface area (TPSA) is 54.3 Å². The third-order valence-electron chi connectivity index (χ3n) is 5.98. The van der Waals surface area contributed by atoms with Crippen LogP contribution >= 0.6 is 0 Å². The van der Waals surface area contributed by atoms with Crippen LogP contribution < -0.4 is 5.32 Å². The molecule has 0 saturated carbocycles. The van der Waals surface area contributed by atoms with E-state index < -0.39 is 0 Å². The van der Waals surface area contributed by atoms with Gasteiger partial charge in [0.15, 0.2) is 0 Å². The van der Waals surface area contributed by atoms with Gasteiger partial charge >= 0.3 is 0 Å². The molecule has 0 unspecified atom stereocenters. The maximum Gasteiger partial charge on any atom is 0.255 e. The molecular formula is C25H25F2N3O2. The Hall–Kier alpha value is -3.48. The lowest BCUT2D eigenvalue weighted by Gasteiger charge is -2.32. The van der Waals surface area contributed by atoms with Gasteiger partial charge in [0.1, 0.15) is 11.6 Å². The number of piperidine rings is 1. The predicted octanol–water partition coefficient (Wildman–Crippen LogP) is 4.41. The number of benzene rings is 2. The second-order valence-electron chi connectivity index (χ2n) is 8.12. The maximum atomic E-state index is 14.3. The van der Waals surface area contributed by atoms with Gasteiger partial charge in [-0.05, 0) is 69.2 Å². The van der Waals surface area contributed by atoms with Crippen LogP contribution in [0.5, 0.6) is 0 Å². The van der Waals surface area contributed by atoms with Crippen molar-refractivity contribution in [2.45, 2.75) is 32.7 Å². The molecule has 0 aliphatic carbocycles. The van der Waals surface area contributed by atoms with Crippen molar-refractivity contribution in [1.82, 2.24) is 14.8 Å². The average Bonchev–Trinajstić information content (AvgIpc) is 3.08. The summed E-state index contributed by atoms with van der Waals surface area (Å²) in [7, 11) is 0. The van der Waals surface area contributed by atoms with Crippen LogP contribution in [-0.4, -0.2) is 40.4 Å². The Bertz CT molecular complexity index is 1150. The van der Waals surface area contributed by atoms with Crippen LogP contribution in [0.25, 0.3) is 5.69 Å². The Kier molecular flexibility index (Phi) is 6.08. The number of hydrogen-bond donors (Lipinski definition) is 1. The fourth-order valence-electron chi connectivity index (χ4n) is 4.25. The lowest BCUT2D eigenvalue weighted by Crippen LogP contribution is -2.46. The van der Waals surface area contributed by atoms with Gasteiger partial charge in [-0.25, -0.2) is 8.78 Å². The molecular weight excluding hydrogens is 412 g/mol. The molecule has 0 radical (unpaired) electrons. The molecule has 1 aromatic heterocycles. The Morgan fingerprint density at radius 2 is 1.62 bits per heavy atom. The second-order valence-corrected chi connectivity index (χ2v) is 8.12. The summed E-state index contributed by atoms with van der Waals surface area (Å²) in [6.45, 7) is 4.70. The number of nitrogens with one attached hydrogen (secondary N) is 1. The highest BCUT2D eigenvalue weighted by Crippen LogP contribution is 2.25. The van der Waals surface area contributed by atoms with Crippen molar-refractivity contribution in [1.29, 1.82) is 0 Å². The normalized spacial score (nSPS) is 14.4. The highest BCUT2D eigenvalue weighted by Gasteiger charge is 2.27. The van der Waals surface area contributed by atoms with E-state index >= 15 is 0 Å². The molecule has 2 heterocycles. The number of para-hydroxylation sites is 1. The van der Waals surface area contributed by atoms with E-state index in [4.69, 9.17) is 0 Å². The van der Waals surface area contributed by atoms with E-state index in [0.29, 0.717) is 48.4 Å². The van der Waals surface area contributed by atoms with Gasteiger partial charge in [0, 0.05) is 36.1 Å². The van der Waals surface area contributed by atoms with Crippen LogP contribution in [0.15, 0.2) is 54.6 Å². The number of aromatic nitrogens is 1. The summed E-state index contributed by atoms with van der Waals surface area (Å²) in [5, 5.41) is 2.96. The zero-order chi connectivity index (χ0) is 22.8. The van der Waals surface area contributed by atoms with Crippen LogP contribution in [0.2, 0.25) is 0 Å². The summed E-state index contributed by atoms with van der Waals surface area (Å²) in [5.41, 5.74) is 2.87. The molecule has 0 spiro atoms. The fourth-order valence-corrected chi connectivity index (χ4v) is 4.25. The highest BCUT2D eigenvalue weighted by molar-refractivity contribution is 5.96. The van der Waals surface area contributed by atoms with Crippen molar-refractivity contribution in [2.24, 2.45) is 0 Å². The first-order valence-corrected chi connectivity index (χ1v) is 10.6. The summed E-state index contributed by atoms with van der Waals surface area (Å²) in [6, 6.07) is 13.7. The summed E-state index contributed by atoms with van der Waals surface area (Å²) >= 11 is 0. The lowest BCUT2D eigenvalue weighted by atomic mass is 10.0. The fraction of sp³-hybridized carbons (Fsp3) is 0.280. The van der Waals surface area contributed by atoms with Crippen molar-refractivity contribution in [3.63, 3.8) is 0 Å². The molecule has 2 aromatic carbocycles. The van der Waals surface area contributed by atoms with E-state index in [2.05, 4.69) is 5.32 Å². The van der Waals surface area contributed by atoms with Crippen molar-refractivity contribution in [3.8, 4) is 5.69 Å². The van der Waals surface area contributed by atoms with E-state index in [1.54, 1.807) is 33.7 Å². The first-order chi connectivity index (χ1) is 15.3. The zero-order valence-electron chi connectivity index (χ0n) is 18.1. The van der Waals surface area contributed by atoms with Crippen LogP contribution in [0, 0.1) is 25.5 Å². The number of carbonyl (C=O) groups is 2. The molecule has 3 aromatic rings. The Morgan fingerprint density at radius 1 is 0.969 bits per heavy atom. The van der Waals surface area contributed by atoms with E-state index in [-0.39, 0.29) is 29.5 Å². The summed E-state index contributed by atoms with van der Waals surface area (Å²) in [4.78, 5) is 27.3. The third kappa shape index (κ3) is 4.28. The smallest absolute Gasteiger partial charge is 0.255 e. The number of carbonyl (C=O) groups excluding carboxylic acids is 2. The minimum atomic E-state index is -0.386. The van der Waals surface area contributed by atoms with Gasteiger partial charge in [-0.1, -0.05) is 12.1 Å². The lowest BCUT2D eigenvalue weighted by molar-refractivity contribution is 0.0697. The van der Waals surface area contributed by atoms with Crippen molar-refractivity contribution < 1.29 is 18.4 Å². The second kappa shape index (κ2) is 8.94. The SMILES string of the molecule is Cc1cc(C(=O)N2CCC(NC(=O)c3ccc(F)cc3)CC2)c(C)n1-c1ccccc1F. The monoisotopic (exact) mass is 437 g/mol. The minimum absolute atomic E-state index is 0.0533. The Labute approximate surface area is 185 Å². The molecule has 166 valence electrons. The number of aryl methyl sites for hydroxylation is 1. The summed E-state index contributed by atoms with van der Waals surface area (Å²) in [5.74, 6) is -1.07. The highest BCUT2D eigenvalue weighted by atomic mass is 19.1. The number of hydrogen-bond acceptors (Lipinski definition) is 2. The quantitative estimate of drug-likeness (QED) is 0.658. The van der Waals surface area contributed by atoms with Gasteiger partial charge in [-0.2, -0.15) is 0 Å². The molecule has 1 aliphatic heterocycles. The van der Waals surface area contributed by atoms with Crippen molar-refractivity contribution >= 4 is 11.8 Å². The van der Waals surface area contributed by atoms with Crippen molar-refractivity contribution in [3.05, 3.63) is 88.7 Å². The van der Waals surface area contributed by atoms with E-state index in [1.165, 1.54) is 30.3 Å². The minimum Gasteiger partial charge on any atom is -0.349 e. The number of halogens is 2. The van der Waals surface area contributed by atoms with Gasteiger partial charge in [0.2, 0.25) is 0 Å². The van der Waals surface area contributed by atoms with E-state index in [0.717, 1.165) is 5.69 Å². The van der Waals surface area contributed by atoms with Gasteiger partial charge in [0.25, 0.3) is 11.8 Å². The van der Waals surface area contributed by atoms with Gasteiger partial charge in [0.05, 0.1) is 11.3 Å². The van der Waals surface area contributed by atoms with Crippen LogP contribution in [0.3, 0.4) is 0 Å². The molecule has 1 N–H and O–H groups in total. The largest absolute Gasteiger partial charge is 0.349 e. The standard InChI is InChI=1S/C25H25F2N3O2/c1-16-15-21(17(2)30(16)23-6-4-3-5-22(23)27)25(32)29-13-11-20(12-14-29)28-24(31)18-7-9-19(26)10-8-18/h3-10,15,20H,11-14H2,1-2H3,(H,28,31). The van der Waals surface area contributed by atoms with Crippen LogP contribution in [-0.2, 0) is 0 Å². The molecule has 4 rings (SSSR count). The number of likely N-dealkylation sites (tertiary alicyclic amines) is 1. The molecule has 32 heavy (non-hydrogen) atoms. The molecule has 1 aliphatic rings. The number of rotatable bonds is 4. The van der Waals surface area contributed by atoms with Crippen molar-refractivity contribution in [2.75, 3.05) is 13.1 Å². The first kappa shape index (κ1) is 21.7. The summed E-state index contributed by atoms with van der Waals surface area (Å²) < 4.78 is 29.1. The molecule has 1 fully saturated rings. The number of nitrogens with zero attached hydrogens (tertiary/aromatic N) is 2. The van der Waals surface area contributed by atoms with E-state index in [9.17, 15) is 18.4 Å².